The molecule has 0 aliphatic carbocycles. The molecule has 0 unspecified atom stereocenters. The average Bonchev–Trinajstić information content (AvgIpc) is 2.57. The molecule has 3 N–H and O–H groups in total. The molecule has 3 amide bonds. The van der Waals surface area contributed by atoms with Crippen LogP contribution in [0.15, 0.2) is 47.4 Å². The maximum Gasteiger partial charge on any atom is 0.318 e. The van der Waals surface area contributed by atoms with Gasteiger partial charge in [0.25, 0.3) is 15.9 Å². The first-order chi connectivity index (χ1) is 11.7. The van der Waals surface area contributed by atoms with Gasteiger partial charge in [-0.25, -0.2) is 17.9 Å². The van der Waals surface area contributed by atoms with E-state index in [1.807, 2.05) is 18.6 Å². The highest BCUT2D eigenvalue weighted by Crippen LogP contribution is 2.15. The summed E-state index contributed by atoms with van der Waals surface area (Å²) < 4.78 is 26.7. The molecule has 0 aromatic heterocycles. The van der Waals surface area contributed by atoms with Gasteiger partial charge in [0.1, 0.15) is 0 Å². The van der Waals surface area contributed by atoms with E-state index in [9.17, 15) is 18.0 Å². The van der Waals surface area contributed by atoms with Crippen molar-refractivity contribution >= 4 is 27.6 Å². The third-order valence-corrected chi connectivity index (χ3v) is 4.99. The van der Waals surface area contributed by atoms with Gasteiger partial charge in [0.2, 0.25) is 0 Å². The molecule has 0 atom stereocenters. The fourth-order valence-corrected chi connectivity index (χ4v) is 3.01. The molecule has 7 nitrogen and oxygen atoms in total. The Labute approximate surface area is 146 Å². The zero-order valence-electron chi connectivity index (χ0n) is 14.1. The van der Waals surface area contributed by atoms with E-state index in [0.717, 1.165) is 11.1 Å². The monoisotopic (exact) mass is 361 g/mol. The van der Waals surface area contributed by atoms with Gasteiger partial charge in [0.05, 0.1) is 4.90 Å². The molecule has 0 radical (unpaired) electrons. The number of carbonyl (C=O) groups excluding carboxylic acids is 2. The lowest BCUT2D eigenvalue weighted by molar-refractivity contribution is 0.0981. The number of urea groups is 1. The SMILES string of the molecule is CNC(=O)Nc1ccc(S(=O)(=O)NC(=O)c2ccc(C)c(C)c2)cc1. The van der Waals surface area contributed by atoms with Crippen molar-refractivity contribution in [3.63, 3.8) is 0 Å². The van der Waals surface area contributed by atoms with Crippen molar-refractivity contribution in [3.8, 4) is 0 Å². The molecule has 2 aromatic rings. The highest BCUT2D eigenvalue weighted by Gasteiger charge is 2.19. The fraction of sp³-hybridized carbons (Fsp3) is 0.176. The number of aryl methyl sites for hydroxylation is 2. The van der Waals surface area contributed by atoms with Crippen LogP contribution in [0.2, 0.25) is 0 Å². The number of benzene rings is 2. The van der Waals surface area contributed by atoms with Crippen molar-refractivity contribution in [2.75, 3.05) is 12.4 Å². The summed E-state index contributed by atoms with van der Waals surface area (Å²) in [6, 6.07) is 10.0. The fourth-order valence-electron chi connectivity index (χ4n) is 2.03. The topological polar surface area (TPSA) is 104 Å². The molecule has 0 heterocycles. The van der Waals surface area contributed by atoms with Gasteiger partial charge >= 0.3 is 6.03 Å². The van der Waals surface area contributed by atoms with E-state index < -0.39 is 22.0 Å². The molecule has 2 rings (SSSR count). The molecule has 0 fully saturated rings. The van der Waals surface area contributed by atoms with Crippen LogP contribution in [0.25, 0.3) is 0 Å². The van der Waals surface area contributed by atoms with Crippen molar-refractivity contribution in [2.24, 2.45) is 0 Å². The second kappa shape index (κ2) is 7.35. The smallest absolute Gasteiger partial charge is 0.318 e. The van der Waals surface area contributed by atoms with Crippen molar-refractivity contribution in [2.45, 2.75) is 18.7 Å². The summed E-state index contributed by atoms with van der Waals surface area (Å²) in [4.78, 5) is 23.3. The van der Waals surface area contributed by atoms with Crippen LogP contribution in [-0.4, -0.2) is 27.4 Å². The lowest BCUT2D eigenvalue weighted by Gasteiger charge is -2.09. The van der Waals surface area contributed by atoms with Gasteiger partial charge in [-0.05, 0) is 61.4 Å². The van der Waals surface area contributed by atoms with Gasteiger partial charge in [-0.15, -0.1) is 0 Å². The second-order valence-electron chi connectivity index (χ2n) is 5.46. The van der Waals surface area contributed by atoms with Crippen LogP contribution in [0, 0.1) is 13.8 Å². The summed E-state index contributed by atoms with van der Waals surface area (Å²) in [6.45, 7) is 3.75. The maximum absolute atomic E-state index is 12.3. The van der Waals surface area contributed by atoms with Crippen LogP contribution in [-0.2, 0) is 10.0 Å². The van der Waals surface area contributed by atoms with Crippen molar-refractivity contribution in [3.05, 3.63) is 59.2 Å². The lowest BCUT2D eigenvalue weighted by Crippen LogP contribution is -2.30. The standard InChI is InChI=1S/C17H19N3O4S/c1-11-4-5-13(10-12(11)2)16(21)20-25(23,24)15-8-6-14(7-9-15)19-17(22)18-3/h4-10H,1-3H3,(H,20,21)(H2,18,19,22). The van der Waals surface area contributed by atoms with E-state index >= 15 is 0 Å². The third-order valence-electron chi connectivity index (χ3n) is 3.65. The zero-order chi connectivity index (χ0) is 18.6. The predicted molar refractivity (Wildman–Crippen MR) is 95.1 cm³/mol. The van der Waals surface area contributed by atoms with Crippen LogP contribution in [0.5, 0.6) is 0 Å². The Balaban J connectivity index is 2.16. The minimum atomic E-state index is -4.01. The molecule has 0 aliphatic rings. The molecular weight excluding hydrogens is 342 g/mol. The molecular formula is C17H19N3O4S. The molecule has 0 saturated carbocycles. The summed E-state index contributed by atoms with van der Waals surface area (Å²) in [6.07, 6.45) is 0. The number of carbonyl (C=O) groups is 2. The molecule has 2 aromatic carbocycles. The minimum Gasteiger partial charge on any atom is -0.341 e. The van der Waals surface area contributed by atoms with Gasteiger partial charge in [-0.3, -0.25) is 4.79 Å². The summed E-state index contributed by atoms with van der Waals surface area (Å²) in [5.74, 6) is -0.698. The number of amides is 3. The normalized spacial score (nSPS) is 10.8. The van der Waals surface area contributed by atoms with E-state index in [0.29, 0.717) is 5.69 Å². The first-order valence-corrected chi connectivity index (χ1v) is 8.94. The molecule has 0 saturated heterocycles. The molecule has 8 heteroatoms. The predicted octanol–water partition coefficient (Wildman–Crippen LogP) is 2.17. The summed E-state index contributed by atoms with van der Waals surface area (Å²) in [5, 5.41) is 4.90. The first kappa shape index (κ1) is 18.5. The molecule has 0 bridgehead atoms. The van der Waals surface area contributed by atoms with Gasteiger partial charge in [0.15, 0.2) is 0 Å². The van der Waals surface area contributed by atoms with E-state index in [-0.39, 0.29) is 10.5 Å². The molecule has 0 spiro atoms. The van der Waals surface area contributed by atoms with Crippen LogP contribution in [0.3, 0.4) is 0 Å². The number of rotatable bonds is 4. The van der Waals surface area contributed by atoms with E-state index in [4.69, 9.17) is 0 Å². The van der Waals surface area contributed by atoms with Crippen LogP contribution in [0.1, 0.15) is 21.5 Å². The number of sulfonamides is 1. The number of anilines is 1. The van der Waals surface area contributed by atoms with Crippen molar-refractivity contribution in [1.29, 1.82) is 0 Å². The summed E-state index contributed by atoms with van der Waals surface area (Å²) in [7, 11) is -2.54. The largest absolute Gasteiger partial charge is 0.341 e. The van der Waals surface area contributed by atoms with Crippen molar-refractivity contribution < 1.29 is 18.0 Å². The minimum absolute atomic E-state index is 0.0767. The van der Waals surface area contributed by atoms with Crippen LogP contribution in [0.4, 0.5) is 10.5 Å². The highest BCUT2D eigenvalue weighted by atomic mass is 32.2. The maximum atomic E-state index is 12.3. The van der Waals surface area contributed by atoms with Gasteiger partial charge in [-0.1, -0.05) is 6.07 Å². The van der Waals surface area contributed by atoms with Gasteiger partial charge in [-0.2, -0.15) is 0 Å². The zero-order valence-corrected chi connectivity index (χ0v) is 14.9. The Hall–Kier alpha value is -2.87. The molecule has 25 heavy (non-hydrogen) atoms. The molecule has 0 aliphatic heterocycles. The third kappa shape index (κ3) is 4.57. The number of hydrogen-bond donors (Lipinski definition) is 3. The Morgan fingerprint density at radius 3 is 2.12 bits per heavy atom. The average molecular weight is 361 g/mol. The van der Waals surface area contributed by atoms with Gasteiger partial charge < -0.3 is 10.6 Å². The summed E-state index contributed by atoms with van der Waals surface area (Å²) >= 11 is 0. The summed E-state index contributed by atoms with van der Waals surface area (Å²) in [5.41, 5.74) is 2.61. The number of hydrogen-bond acceptors (Lipinski definition) is 4. The first-order valence-electron chi connectivity index (χ1n) is 7.46. The van der Waals surface area contributed by atoms with Crippen molar-refractivity contribution in [1.82, 2.24) is 10.0 Å². The Kier molecular flexibility index (Phi) is 5.43. The van der Waals surface area contributed by atoms with E-state index in [2.05, 4.69) is 10.6 Å². The quantitative estimate of drug-likeness (QED) is 0.776. The van der Waals surface area contributed by atoms with E-state index in [1.54, 1.807) is 18.2 Å². The van der Waals surface area contributed by atoms with Gasteiger partial charge in [0, 0.05) is 18.3 Å². The highest BCUT2D eigenvalue weighted by molar-refractivity contribution is 7.90. The number of nitrogens with one attached hydrogen (secondary N) is 3. The van der Waals surface area contributed by atoms with Crippen LogP contribution >= 0.6 is 0 Å². The lowest BCUT2D eigenvalue weighted by atomic mass is 10.1. The Morgan fingerprint density at radius 1 is 0.920 bits per heavy atom. The Bertz CT molecular complexity index is 906. The van der Waals surface area contributed by atoms with Crippen LogP contribution < -0.4 is 15.4 Å². The molecule has 132 valence electrons. The Morgan fingerprint density at radius 2 is 1.56 bits per heavy atom. The van der Waals surface area contributed by atoms with E-state index in [1.165, 1.54) is 31.3 Å². The second-order valence-corrected chi connectivity index (χ2v) is 7.14.